The van der Waals surface area contributed by atoms with Crippen molar-refractivity contribution in [3.05, 3.63) is 0 Å². The molecular weight excluding hydrogens is 93.7 g/mol. The van der Waals surface area contributed by atoms with Crippen molar-refractivity contribution < 1.29 is 0 Å². The van der Waals surface area contributed by atoms with E-state index >= 15 is 0 Å². The summed E-state index contributed by atoms with van der Waals surface area (Å²) in [5, 5.41) is 0. The SMILES string of the molecule is [B]C([B])CC(C)(C)C. The van der Waals surface area contributed by atoms with Crippen LogP contribution in [0, 0.1) is 5.41 Å². The molecule has 0 saturated carbocycles. The van der Waals surface area contributed by atoms with Gasteiger partial charge in [0.1, 0.15) is 0 Å². The van der Waals surface area contributed by atoms with Gasteiger partial charge in [-0.05, 0) is 5.41 Å². The van der Waals surface area contributed by atoms with Crippen molar-refractivity contribution in [3.8, 4) is 0 Å². The third-order valence-corrected chi connectivity index (χ3v) is 0.848. The maximum Gasteiger partial charge on any atom is 0.0575 e. The highest BCUT2D eigenvalue weighted by atomic mass is 14.1. The van der Waals surface area contributed by atoms with Gasteiger partial charge in [-0.1, -0.05) is 27.2 Å². The van der Waals surface area contributed by atoms with Crippen LogP contribution >= 0.6 is 0 Å². The van der Waals surface area contributed by atoms with Gasteiger partial charge in [-0.15, -0.1) is 5.72 Å². The molecule has 0 aromatic rings. The fourth-order valence-corrected chi connectivity index (χ4v) is 0.707. The summed E-state index contributed by atoms with van der Waals surface area (Å²) in [6, 6.07) is 0. The zero-order chi connectivity index (χ0) is 6.78. The van der Waals surface area contributed by atoms with Crippen LogP contribution in [0.4, 0.5) is 0 Å². The van der Waals surface area contributed by atoms with Gasteiger partial charge in [0.05, 0.1) is 15.7 Å². The van der Waals surface area contributed by atoms with Crippen LogP contribution in [0.5, 0.6) is 0 Å². The molecule has 0 aliphatic carbocycles. The van der Waals surface area contributed by atoms with Crippen LogP contribution in [0.15, 0.2) is 0 Å². The molecule has 0 spiro atoms. The van der Waals surface area contributed by atoms with Crippen molar-refractivity contribution in [2.75, 3.05) is 0 Å². The Kier molecular flexibility index (Phi) is 2.65. The van der Waals surface area contributed by atoms with Crippen molar-refractivity contribution in [3.63, 3.8) is 0 Å². The van der Waals surface area contributed by atoms with Crippen molar-refractivity contribution in [2.24, 2.45) is 5.41 Å². The maximum atomic E-state index is 5.36. The molecule has 0 saturated heterocycles. The molecule has 0 bridgehead atoms. The molecule has 8 heavy (non-hydrogen) atoms. The second-order valence-electron chi connectivity index (χ2n) is 3.43. The van der Waals surface area contributed by atoms with Crippen LogP contribution in [0.25, 0.3) is 0 Å². The third kappa shape index (κ3) is 6.13. The molecule has 0 nitrogen and oxygen atoms in total. The predicted octanol–water partition coefficient (Wildman–Crippen LogP) is 1.51. The maximum absolute atomic E-state index is 5.36. The molecule has 0 N–H and O–H groups in total. The first-order chi connectivity index (χ1) is 3.42. The monoisotopic (exact) mass is 106 g/mol. The van der Waals surface area contributed by atoms with E-state index in [1.165, 1.54) is 0 Å². The largest absolute Gasteiger partial charge is 0.109 e. The summed E-state index contributed by atoms with van der Waals surface area (Å²) in [7, 11) is 10.7. The van der Waals surface area contributed by atoms with Gasteiger partial charge in [-0.25, -0.2) is 0 Å². The average Bonchev–Trinajstić information content (AvgIpc) is 1.21. The van der Waals surface area contributed by atoms with E-state index < -0.39 is 0 Å². The minimum absolute atomic E-state index is 0.157. The van der Waals surface area contributed by atoms with Crippen LogP contribution in [0.1, 0.15) is 27.2 Å². The normalized spacial score (nSPS) is 12.5. The Labute approximate surface area is 54.9 Å². The van der Waals surface area contributed by atoms with Crippen molar-refractivity contribution in [1.29, 1.82) is 0 Å². The Hall–Kier alpha value is 0.130. The highest BCUT2D eigenvalue weighted by Crippen LogP contribution is 2.23. The highest BCUT2D eigenvalue weighted by Gasteiger charge is 2.10. The third-order valence-electron chi connectivity index (χ3n) is 0.848. The summed E-state index contributed by atoms with van der Waals surface area (Å²) < 4.78 is 0. The van der Waals surface area contributed by atoms with Gasteiger partial charge < -0.3 is 0 Å². The van der Waals surface area contributed by atoms with Crippen LogP contribution in [-0.2, 0) is 0 Å². The minimum Gasteiger partial charge on any atom is -0.109 e. The zero-order valence-electron chi connectivity index (χ0n) is 5.94. The van der Waals surface area contributed by atoms with E-state index in [1.807, 2.05) is 0 Å². The van der Waals surface area contributed by atoms with Crippen molar-refractivity contribution in [2.45, 2.75) is 32.9 Å². The van der Waals surface area contributed by atoms with Crippen LogP contribution in [0.3, 0.4) is 0 Å². The summed E-state index contributed by atoms with van der Waals surface area (Å²) in [5.74, 6) is 0. The summed E-state index contributed by atoms with van der Waals surface area (Å²) in [6.45, 7) is 6.37. The smallest absolute Gasteiger partial charge is 0.0575 e. The van der Waals surface area contributed by atoms with E-state index in [2.05, 4.69) is 20.8 Å². The lowest BCUT2D eigenvalue weighted by Crippen LogP contribution is -2.09. The Morgan fingerprint density at radius 1 is 1.25 bits per heavy atom. The fraction of sp³-hybridized carbons (Fsp3) is 1.00. The predicted molar refractivity (Wildman–Crippen MR) is 39.3 cm³/mol. The number of hydrogen-bond acceptors (Lipinski definition) is 0. The zero-order valence-corrected chi connectivity index (χ0v) is 5.94. The standard InChI is InChI=1S/C6H12B2/c1-6(2,3)4-5(7)8/h5H,4H2,1-3H3. The van der Waals surface area contributed by atoms with E-state index in [0.717, 1.165) is 6.42 Å². The number of rotatable bonds is 1. The highest BCUT2D eigenvalue weighted by molar-refractivity contribution is 6.35. The van der Waals surface area contributed by atoms with Crippen molar-refractivity contribution in [1.82, 2.24) is 0 Å². The van der Waals surface area contributed by atoms with Crippen LogP contribution in [-0.4, -0.2) is 15.7 Å². The lowest BCUT2D eigenvalue weighted by Gasteiger charge is -2.20. The molecule has 0 fully saturated rings. The first kappa shape index (κ1) is 8.13. The van der Waals surface area contributed by atoms with Gasteiger partial charge in [0, 0.05) is 0 Å². The van der Waals surface area contributed by atoms with E-state index in [-0.39, 0.29) is 11.1 Å². The minimum atomic E-state index is -0.157. The van der Waals surface area contributed by atoms with Crippen molar-refractivity contribution >= 4 is 15.7 Å². The fourth-order valence-electron chi connectivity index (χ4n) is 0.707. The van der Waals surface area contributed by atoms with Gasteiger partial charge in [0.15, 0.2) is 0 Å². The molecule has 0 unspecified atom stereocenters. The van der Waals surface area contributed by atoms with E-state index in [1.54, 1.807) is 0 Å². The first-order valence-corrected chi connectivity index (χ1v) is 2.93. The van der Waals surface area contributed by atoms with E-state index in [4.69, 9.17) is 15.7 Å². The molecule has 0 aromatic heterocycles. The molecule has 0 aliphatic heterocycles. The van der Waals surface area contributed by atoms with Crippen LogP contribution < -0.4 is 0 Å². The molecule has 4 radical (unpaired) electrons. The molecule has 2 heteroatoms. The van der Waals surface area contributed by atoms with Gasteiger partial charge in [-0.2, -0.15) is 0 Å². The Morgan fingerprint density at radius 2 is 1.62 bits per heavy atom. The number of hydrogen-bond donors (Lipinski definition) is 0. The van der Waals surface area contributed by atoms with E-state index in [9.17, 15) is 0 Å². The van der Waals surface area contributed by atoms with Crippen LogP contribution in [0.2, 0.25) is 5.72 Å². The van der Waals surface area contributed by atoms with Gasteiger partial charge in [-0.3, -0.25) is 0 Å². The van der Waals surface area contributed by atoms with Gasteiger partial charge >= 0.3 is 0 Å². The molecule has 0 rings (SSSR count). The molecule has 0 aliphatic rings. The summed E-state index contributed by atoms with van der Waals surface area (Å²) in [6.07, 6.45) is 0.882. The molecule has 0 atom stereocenters. The molecule has 0 amide bonds. The summed E-state index contributed by atoms with van der Waals surface area (Å²) >= 11 is 0. The second-order valence-corrected chi connectivity index (χ2v) is 3.43. The van der Waals surface area contributed by atoms with E-state index in [0.29, 0.717) is 0 Å². The summed E-state index contributed by atoms with van der Waals surface area (Å²) in [4.78, 5) is 0. The molecule has 42 valence electrons. The van der Waals surface area contributed by atoms with Gasteiger partial charge in [0.25, 0.3) is 0 Å². The Morgan fingerprint density at radius 3 is 1.62 bits per heavy atom. The molecular formula is C6H12B2. The Bertz CT molecular complexity index is 61.4. The molecule has 0 heterocycles. The second kappa shape index (κ2) is 2.61. The lowest BCUT2D eigenvalue weighted by atomic mass is 9.64. The molecule has 0 aromatic carbocycles. The van der Waals surface area contributed by atoms with Gasteiger partial charge in [0.2, 0.25) is 0 Å². The summed E-state index contributed by atoms with van der Waals surface area (Å²) in [5.41, 5.74) is 0.115. The lowest BCUT2D eigenvalue weighted by molar-refractivity contribution is 0.390. The Balaban J connectivity index is 3.39. The first-order valence-electron chi connectivity index (χ1n) is 2.93. The average molecular weight is 106 g/mol. The quantitative estimate of drug-likeness (QED) is 0.444. The topological polar surface area (TPSA) is 0 Å².